The summed E-state index contributed by atoms with van der Waals surface area (Å²) in [7, 11) is 0. The van der Waals surface area contributed by atoms with E-state index in [-0.39, 0.29) is 17.5 Å². The van der Waals surface area contributed by atoms with Crippen molar-refractivity contribution in [2.45, 2.75) is 45.9 Å². The molecule has 1 unspecified atom stereocenters. The van der Waals surface area contributed by atoms with Gasteiger partial charge in [-0.1, -0.05) is 12.1 Å². The normalized spacial score (nSPS) is 20.2. The Bertz CT molecular complexity index is 456. The minimum Gasteiger partial charge on any atom is -0.375 e. The molecule has 2 rings (SSSR count). The van der Waals surface area contributed by atoms with E-state index in [0.717, 1.165) is 24.3 Å². The Morgan fingerprint density at radius 3 is 2.80 bits per heavy atom. The highest BCUT2D eigenvalue weighted by Gasteiger charge is 2.22. The van der Waals surface area contributed by atoms with Crippen molar-refractivity contribution in [3.8, 4) is 0 Å². The quantitative estimate of drug-likeness (QED) is 0.921. The van der Waals surface area contributed by atoms with Crippen LogP contribution in [0.4, 0.5) is 10.1 Å². The number of benzene rings is 1. The third-order valence-corrected chi connectivity index (χ3v) is 3.44. The van der Waals surface area contributed by atoms with Crippen LogP contribution < -0.4 is 10.2 Å². The molecule has 0 amide bonds. The van der Waals surface area contributed by atoms with Gasteiger partial charge in [-0.2, -0.15) is 0 Å². The largest absolute Gasteiger partial charge is 0.375 e. The molecule has 1 atom stereocenters. The van der Waals surface area contributed by atoms with Crippen molar-refractivity contribution in [2.24, 2.45) is 0 Å². The maximum Gasteiger partial charge on any atom is 0.146 e. The van der Waals surface area contributed by atoms with Gasteiger partial charge >= 0.3 is 0 Å². The van der Waals surface area contributed by atoms with E-state index in [1.807, 2.05) is 13.0 Å². The summed E-state index contributed by atoms with van der Waals surface area (Å²) in [6.45, 7) is 11.2. The second-order valence-electron chi connectivity index (χ2n) is 6.48. The summed E-state index contributed by atoms with van der Waals surface area (Å²) in [4.78, 5) is 2.10. The Morgan fingerprint density at radius 2 is 2.15 bits per heavy atom. The van der Waals surface area contributed by atoms with E-state index >= 15 is 0 Å². The molecule has 0 aromatic heterocycles. The zero-order chi connectivity index (χ0) is 14.8. The maximum absolute atomic E-state index is 14.3. The number of anilines is 1. The first-order valence-electron chi connectivity index (χ1n) is 7.26. The molecule has 0 saturated carbocycles. The Labute approximate surface area is 121 Å². The smallest absolute Gasteiger partial charge is 0.146 e. The first-order valence-corrected chi connectivity index (χ1v) is 7.26. The summed E-state index contributed by atoms with van der Waals surface area (Å²) in [5.41, 5.74) is 1.75. The first-order chi connectivity index (χ1) is 9.37. The van der Waals surface area contributed by atoms with E-state index in [1.165, 1.54) is 6.07 Å². The van der Waals surface area contributed by atoms with Crippen molar-refractivity contribution < 1.29 is 9.13 Å². The third-order valence-electron chi connectivity index (χ3n) is 3.44. The van der Waals surface area contributed by atoms with Crippen molar-refractivity contribution in [3.05, 3.63) is 29.6 Å². The van der Waals surface area contributed by atoms with Crippen LogP contribution in [0.25, 0.3) is 0 Å². The third kappa shape index (κ3) is 3.93. The summed E-state index contributed by atoms with van der Waals surface area (Å²) in [6.07, 6.45) is 0.145. The van der Waals surface area contributed by atoms with E-state index in [1.54, 1.807) is 6.07 Å². The second-order valence-corrected chi connectivity index (χ2v) is 6.48. The number of hydrogen-bond donors (Lipinski definition) is 1. The number of rotatable bonds is 3. The van der Waals surface area contributed by atoms with E-state index in [2.05, 4.69) is 31.0 Å². The number of para-hydroxylation sites is 1. The fraction of sp³-hybridized carbons (Fsp3) is 0.625. The fourth-order valence-electron chi connectivity index (χ4n) is 2.44. The zero-order valence-corrected chi connectivity index (χ0v) is 12.9. The summed E-state index contributed by atoms with van der Waals surface area (Å²) in [5.74, 6) is -0.146. The minimum absolute atomic E-state index is 0.0158. The molecular formula is C16H25FN2O. The van der Waals surface area contributed by atoms with Gasteiger partial charge in [0.1, 0.15) is 5.82 Å². The molecule has 1 saturated heterocycles. The van der Waals surface area contributed by atoms with Crippen LogP contribution in [0.5, 0.6) is 0 Å². The number of ether oxygens (including phenoxy) is 1. The predicted molar refractivity (Wildman–Crippen MR) is 80.6 cm³/mol. The molecule has 0 spiro atoms. The van der Waals surface area contributed by atoms with Gasteiger partial charge in [-0.3, -0.25) is 0 Å². The lowest BCUT2D eigenvalue weighted by Crippen LogP contribution is -2.42. The van der Waals surface area contributed by atoms with Gasteiger partial charge in [0.2, 0.25) is 0 Å². The molecule has 1 aromatic carbocycles. The van der Waals surface area contributed by atoms with Crippen LogP contribution in [-0.4, -0.2) is 31.3 Å². The molecule has 1 N–H and O–H groups in total. The maximum atomic E-state index is 14.3. The highest BCUT2D eigenvalue weighted by atomic mass is 19.1. The van der Waals surface area contributed by atoms with Gasteiger partial charge in [0.25, 0.3) is 0 Å². The topological polar surface area (TPSA) is 24.5 Å². The van der Waals surface area contributed by atoms with Crippen molar-refractivity contribution in [1.82, 2.24) is 5.32 Å². The highest BCUT2D eigenvalue weighted by molar-refractivity contribution is 5.55. The summed E-state index contributed by atoms with van der Waals surface area (Å²) in [5, 5.41) is 3.43. The highest BCUT2D eigenvalue weighted by Crippen LogP contribution is 2.26. The predicted octanol–water partition coefficient (Wildman–Crippen LogP) is 2.94. The van der Waals surface area contributed by atoms with E-state index in [0.29, 0.717) is 13.2 Å². The Morgan fingerprint density at radius 1 is 1.40 bits per heavy atom. The average molecular weight is 280 g/mol. The van der Waals surface area contributed by atoms with Crippen LogP contribution in [0, 0.1) is 5.82 Å². The molecule has 4 heteroatoms. The number of halogens is 1. The molecule has 1 fully saturated rings. The molecule has 1 aliphatic rings. The van der Waals surface area contributed by atoms with Crippen LogP contribution in [0.2, 0.25) is 0 Å². The zero-order valence-electron chi connectivity index (χ0n) is 12.9. The monoisotopic (exact) mass is 280 g/mol. The van der Waals surface area contributed by atoms with E-state index in [4.69, 9.17) is 4.74 Å². The molecule has 1 heterocycles. The Balaban J connectivity index is 2.21. The SMILES string of the molecule is CC1CN(c2c(F)cccc2CNC(C)(C)C)CCO1. The summed E-state index contributed by atoms with van der Waals surface area (Å²) in [6, 6.07) is 5.32. The van der Waals surface area contributed by atoms with Gasteiger partial charge in [0.05, 0.1) is 18.4 Å². The Kier molecular flexibility index (Phi) is 4.66. The minimum atomic E-state index is -0.146. The van der Waals surface area contributed by atoms with Crippen LogP contribution in [0.3, 0.4) is 0 Å². The molecule has 0 bridgehead atoms. The summed E-state index contributed by atoms with van der Waals surface area (Å²) >= 11 is 0. The molecule has 1 aliphatic heterocycles. The molecule has 0 radical (unpaired) electrons. The van der Waals surface area contributed by atoms with Crippen molar-refractivity contribution in [2.75, 3.05) is 24.6 Å². The summed E-state index contributed by atoms with van der Waals surface area (Å²) < 4.78 is 19.8. The number of hydrogen-bond acceptors (Lipinski definition) is 3. The van der Waals surface area contributed by atoms with Crippen molar-refractivity contribution in [1.29, 1.82) is 0 Å². The van der Waals surface area contributed by atoms with Crippen LogP contribution in [0.1, 0.15) is 33.3 Å². The molecule has 0 aliphatic carbocycles. The van der Waals surface area contributed by atoms with E-state index in [9.17, 15) is 4.39 Å². The van der Waals surface area contributed by atoms with Gasteiger partial charge in [0.15, 0.2) is 0 Å². The number of nitrogens with one attached hydrogen (secondary N) is 1. The molecule has 1 aromatic rings. The van der Waals surface area contributed by atoms with Gasteiger partial charge < -0.3 is 15.0 Å². The lowest BCUT2D eigenvalue weighted by atomic mass is 10.1. The fourth-order valence-corrected chi connectivity index (χ4v) is 2.44. The van der Waals surface area contributed by atoms with Gasteiger partial charge in [-0.15, -0.1) is 0 Å². The second kappa shape index (κ2) is 6.10. The molecule has 3 nitrogen and oxygen atoms in total. The van der Waals surface area contributed by atoms with Crippen LogP contribution >= 0.6 is 0 Å². The van der Waals surface area contributed by atoms with Gasteiger partial charge in [-0.25, -0.2) is 4.39 Å². The number of morpholine rings is 1. The van der Waals surface area contributed by atoms with Crippen LogP contribution in [-0.2, 0) is 11.3 Å². The van der Waals surface area contributed by atoms with E-state index < -0.39 is 0 Å². The molecular weight excluding hydrogens is 255 g/mol. The molecule has 112 valence electrons. The standard InChI is InChI=1S/C16H25FN2O/c1-12-11-19(8-9-20-12)15-13(6-5-7-14(15)17)10-18-16(2,3)4/h5-7,12,18H,8-11H2,1-4H3. The van der Waals surface area contributed by atoms with Crippen molar-refractivity contribution in [3.63, 3.8) is 0 Å². The lowest BCUT2D eigenvalue weighted by Gasteiger charge is -2.34. The number of nitrogens with zero attached hydrogens (tertiary/aromatic N) is 1. The first kappa shape index (κ1) is 15.3. The van der Waals surface area contributed by atoms with Crippen molar-refractivity contribution >= 4 is 5.69 Å². The lowest BCUT2D eigenvalue weighted by molar-refractivity contribution is 0.0529. The van der Waals surface area contributed by atoms with Crippen LogP contribution in [0.15, 0.2) is 18.2 Å². The average Bonchev–Trinajstić information content (AvgIpc) is 2.35. The van der Waals surface area contributed by atoms with Gasteiger partial charge in [-0.05, 0) is 39.3 Å². The Hall–Kier alpha value is -1.13. The molecule has 20 heavy (non-hydrogen) atoms. The van der Waals surface area contributed by atoms with Gasteiger partial charge in [0, 0.05) is 25.2 Å².